The highest BCUT2D eigenvalue weighted by atomic mass is 15.1. The number of benzene rings is 7. The predicted octanol–water partition coefficient (Wildman–Crippen LogP) is 14.3. The van der Waals surface area contributed by atoms with Crippen LogP contribution in [0.15, 0.2) is 152 Å². The molecule has 0 N–H and O–H groups in total. The van der Waals surface area contributed by atoms with E-state index in [9.17, 15) is 0 Å². The molecule has 1 heteroatoms. The summed E-state index contributed by atoms with van der Waals surface area (Å²) < 4.78 is 0. The number of hydrogen-bond acceptors (Lipinski definition) is 1. The number of aryl methyl sites for hydroxylation is 1. The molecule has 0 unspecified atom stereocenters. The van der Waals surface area contributed by atoms with Crippen LogP contribution in [0.1, 0.15) is 74.1 Å². The van der Waals surface area contributed by atoms with Gasteiger partial charge >= 0.3 is 0 Å². The van der Waals surface area contributed by atoms with Crippen molar-refractivity contribution in [1.82, 2.24) is 0 Å². The molecule has 0 heterocycles. The summed E-state index contributed by atoms with van der Waals surface area (Å²) in [5, 5.41) is 2.52. The topological polar surface area (TPSA) is 3.24 Å². The number of fused-ring (bicyclic) bond motifs is 4. The first-order valence-corrected chi connectivity index (χ1v) is 18.8. The minimum atomic E-state index is -0.151. The third-order valence-electron chi connectivity index (χ3n) is 11.8. The summed E-state index contributed by atoms with van der Waals surface area (Å²) in [6.07, 6.45) is 6.46. The van der Waals surface area contributed by atoms with E-state index in [2.05, 4.69) is 177 Å². The number of anilines is 3. The molecule has 0 atom stereocenters. The number of hydrogen-bond donors (Lipinski definition) is 0. The third kappa shape index (κ3) is 5.38. The van der Waals surface area contributed by atoms with Gasteiger partial charge in [0.2, 0.25) is 0 Å². The Balaban J connectivity index is 1.31. The van der Waals surface area contributed by atoms with Crippen LogP contribution < -0.4 is 4.90 Å². The van der Waals surface area contributed by atoms with Crippen LogP contribution in [0.3, 0.4) is 0 Å². The Hall–Kier alpha value is -5.40. The Kier molecular flexibility index (Phi) is 7.88. The molecule has 51 heavy (non-hydrogen) atoms. The van der Waals surface area contributed by atoms with Crippen LogP contribution in [0.5, 0.6) is 0 Å². The fraction of sp³-hybridized carbons (Fsp3) is 0.200. The van der Waals surface area contributed by atoms with Crippen LogP contribution in [0.2, 0.25) is 0 Å². The second-order valence-electron chi connectivity index (χ2n) is 15.2. The molecule has 0 aliphatic heterocycles. The fourth-order valence-electron chi connectivity index (χ4n) is 9.14. The number of nitrogens with zero attached hydrogens (tertiary/aromatic N) is 1. The maximum Gasteiger partial charge on any atom is 0.0546 e. The Morgan fingerprint density at radius 2 is 1.20 bits per heavy atom. The van der Waals surface area contributed by atoms with Gasteiger partial charge in [-0.15, -0.1) is 0 Å². The first-order valence-electron chi connectivity index (χ1n) is 18.8. The quantitative estimate of drug-likeness (QED) is 0.172. The number of para-hydroxylation sites is 1. The molecule has 0 bridgehead atoms. The molecule has 1 saturated carbocycles. The van der Waals surface area contributed by atoms with E-state index in [1.165, 1.54) is 116 Å². The fourth-order valence-corrected chi connectivity index (χ4v) is 9.14. The van der Waals surface area contributed by atoms with Crippen molar-refractivity contribution < 1.29 is 0 Å². The van der Waals surface area contributed by atoms with E-state index in [-0.39, 0.29) is 5.41 Å². The summed E-state index contributed by atoms with van der Waals surface area (Å²) >= 11 is 0. The molecule has 2 aliphatic rings. The average molecular weight is 660 g/mol. The molecule has 7 aromatic carbocycles. The lowest BCUT2D eigenvalue weighted by atomic mass is 9.81. The van der Waals surface area contributed by atoms with Crippen LogP contribution in [-0.4, -0.2) is 0 Å². The Morgan fingerprint density at radius 3 is 2.00 bits per heavy atom. The second-order valence-corrected chi connectivity index (χ2v) is 15.2. The lowest BCUT2D eigenvalue weighted by Crippen LogP contribution is -2.18. The van der Waals surface area contributed by atoms with Gasteiger partial charge in [0.15, 0.2) is 0 Å². The lowest BCUT2D eigenvalue weighted by molar-refractivity contribution is 0.444. The zero-order valence-corrected chi connectivity index (χ0v) is 30.0. The van der Waals surface area contributed by atoms with E-state index in [4.69, 9.17) is 0 Å². The maximum atomic E-state index is 2.61. The molecule has 9 rings (SSSR count). The molecule has 0 spiro atoms. The van der Waals surface area contributed by atoms with Crippen molar-refractivity contribution in [1.29, 1.82) is 0 Å². The van der Waals surface area contributed by atoms with Crippen LogP contribution in [0, 0.1) is 6.92 Å². The van der Waals surface area contributed by atoms with Gasteiger partial charge in [-0.1, -0.05) is 154 Å². The average Bonchev–Trinajstić information content (AvgIpc) is 3.41. The molecule has 0 amide bonds. The molecule has 0 saturated heterocycles. The SMILES string of the molecule is Cc1ccccc1-c1cc2ccccc2cc1N(c1ccc2c(c1)C(C)(C)c1cccc(-c3ccccc3)c1-2)c1ccccc1C1CCCCC1. The highest BCUT2D eigenvalue weighted by Crippen LogP contribution is 2.55. The zero-order valence-electron chi connectivity index (χ0n) is 30.0. The van der Waals surface area contributed by atoms with Gasteiger partial charge < -0.3 is 4.90 Å². The molecule has 7 aromatic rings. The van der Waals surface area contributed by atoms with Crippen molar-refractivity contribution in [3.63, 3.8) is 0 Å². The van der Waals surface area contributed by atoms with E-state index in [1.54, 1.807) is 0 Å². The summed E-state index contributed by atoms with van der Waals surface area (Å²) in [7, 11) is 0. The molecular formula is C50H45N. The summed E-state index contributed by atoms with van der Waals surface area (Å²) in [5.74, 6) is 0.559. The van der Waals surface area contributed by atoms with Crippen molar-refractivity contribution in [2.24, 2.45) is 0 Å². The molecule has 1 nitrogen and oxygen atoms in total. The first-order chi connectivity index (χ1) is 25.0. The lowest BCUT2D eigenvalue weighted by Gasteiger charge is -2.34. The Bertz CT molecular complexity index is 2390. The minimum Gasteiger partial charge on any atom is -0.310 e. The zero-order chi connectivity index (χ0) is 34.5. The van der Waals surface area contributed by atoms with Crippen molar-refractivity contribution in [3.8, 4) is 33.4 Å². The van der Waals surface area contributed by atoms with Crippen LogP contribution in [-0.2, 0) is 5.41 Å². The molecule has 2 aliphatic carbocycles. The molecule has 250 valence electrons. The van der Waals surface area contributed by atoms with E-state index < -0.39 is 0 Å². The smallest absolute Gasteiger partial charge is 0.0546 e. The van der Waals surface area contributed by atoms with Gasteiger partial charge in [0, 0.05) is 22.4 Å². The van der Waals surface area contributed by atoms with E-state index in [0.29, 0.717) is 5.92 Å². The molecule has 0 radical (unpaired) electrons. The molecule has 1 fully saturated rings. The molecule has 0 aromatic heterocycles. The highest BCUT2D eigenvalue weighted by Gasteiger charge is 2.38. The Morgan fingerprint density at radius 1 is 0.510 bits per heavy atom. The minimum absolute atomic E-state index is 0.151. The van der Waals surface area contributed by atoms with Crippen LogP contribution >= 0.6 is 0 Å². The summed E-state index contributed by atoms with van der Waals surface area (Å²) in [4.78, 5) is 2.61. The standard InChI is InChI=1S/C50H45N/c1-34-17-10-13-24-40(34)44-31-37-22-11-12-23-38(37)32-48(44)51(47-28-15-14-25-41(47)35-18-6-4-7-19-35)39-29-30-43-46(33-39)50(2,3)45-27-16-26-42(49(43)45)36-20-8-5-9-21-36/h5,8-17,20-33,35H,4,6-7,18-19H2,1-3H3. The summed E-state index contributed by atoms with van der Waals surface area (Å²) in [6, 6.07) is 56.9. The van der Waals surface area contributed by atoms with Crippen molar-refractivity contribution in [2.75, 3.05) is 4.90 Å². The van der Waals surface area contributed by atoms with E-state index in [1.807, 2.05) is 0 Å². The van der Waals surface area contributed by atoms with Gasteiger partial charge in [0.05, 0.1) is 5.69 Å². The van der Waals surface area contributed by atoms with Crippen LogP contribution in [0.4, 0.5) is 17.1 Å². The third-order valence-corrected chi connectivity index (χ3v) is 11.8. The largest absolute Gasteiger partial charge is 0.310 e. The van der Waals surface area contributed by atoms with E-state index >= 15 is 0 Å². The van der Waals surface area contributed by atoms with Crippen LogP contribution in [0.25, 0.3) is 44.2 Å². The summed E-state index contributed by atoms with van der Waals surface area (Å²) in [5.41, 5.74) is 17.0. The van der Waals surface area contributed by atoms with E-state index in [0.717, 1.165) is 0 Å². The summed E-state index contributed by atoms with van der Waals surface area (Å²) in [6.45, 7) is 7.06. The van der Waals surface area contributed by atoms with Crippen molar-refractivity contribution in [2.45, 2.75) is 64.2 Å². The van der Waals surface area contributed by atoms with Crippen molar-refractivity contribution in [3.05, 3.63) is 174 Å². The van der Waals surface area contributed by atoms with Crippen molar-refractivity contribution >= 4 is 27.8 Å². The highest BCUT2D eigenvalue weighted by molar-refractivity contribution is 6.00. The molecular weight excluding hydrogens is 615 g/mol. The predicted molar refractivity (Wildman–Crippen MR) is 218 cm³/mol. The normalized spacial score (nSPS) is 15.0. The van der Waals surface area contributed by atoms with Gasteiger partial charge in [0.1, 0.15) is 0 Å². The first kappa shape index (κ1) is 31.6. The van der Waals surface area contributed by atoms with Gasteiger partial charge in [-0.3, -0.25) is 0 Å². The monoisotopic (exact) mass is 659 g/mol. The Labute approximate surface area is 303 Å². The number of rotatable bonds is 6. The second kappa shape index (κ2) is 12.7. The van der Waals surface area contributed by atoms with Gasteiger partial charge in [-0.2, -0.15) is 0 Å². The maximum absolute atomic E-state index is 2.61. The van der Waals surface area contributed by atoms with Gasteiger partial charge in [-0.05, 0) is 117 Å². The van der Waals surface area contributed by atoms with Gasteiger partial charge in [-0.25, -0.2) is 0 Å². The van der Waals surface area contributed by atoms with Gasteiger partial charge in [0.25, 0.3) is 0 Å².